The number of unbranched alkanes of at least 4 members (excludes halogenated alkanes) is 9. The number of hydrogen-bond acceptors (Lipinski definition) is 4. The predicted octanol–water partition coefficient (Wildman–Crippen LogP) is 5.00. The third kappa shape index (κ3) is 13.9. The maximum Gasteiger partial charge on any atom is 0.306 e. The monoisotopic (exact) mass is 430 g/mol. The summed E-state index contributed by atoms with van der Waals surface area (Å²) >= 11 is 5.73. The number of carbonyl (C=O) groups is 2. The quantitative estimate of drug-likeness (QED) is 0.185. The highest BCUT2D eigenvalue weighted by molar-refractivity contribution is 6.17. The van der Waals surface area contributed by atoms with E-state index < -0.39 is 0 Å². The van der Waals surface area contributed by atoms with Gasteiger partial charge in [-0.1, -0.05) is 64.7 Å². The summed E-state index contributed by atoms with van der Waals surface area (Å²) in [6, 6.07) is 0. The van der Waals surface area contributed by atoms with Gasteiger partial charge in [0.05, 0.1) is 13.0 Å². The molecule has 0 aliphatic carbocycles. The fourth-order valence-corrected chi connectivity index (χ4v) is 3.84. The van der Waals surface area contributed by atoms with Crippen molar-refractivity contribution in [3.63, 3.8) is 0 Å². The molecule has 1 heterocycles. The lowest BCUT2D eigenvalue weighted by Crippen LogP contribution is -2.48. The molecule has 0 unspecified atom stereocenters. The van der Waals surface area contributed by atoms with Crippen molar-refractivity contribution >= 4 is 23.5 Å². The van der Waals surface area contributed by atoms with Crippen LogP contribution in [0.2, 0.25) is 0 Å². The molecule has 0 spiro atoms. The minimum Gasteiger partial charge on any atom is -0.466 e. The molecule has 1 fully saturated rings. The van der Waals surface area contributed by atoms with Crippen LogP contribution in [-0.2, 0) is 14.3 Å². The molecule has 0 radical (unpaired) electrons. The van der Waals surface area contributed by atoms with Gasteiger partial charge in [0.1, 0.15) is 0 Å². The first kappa shape index (κ1) is 26.2. The smallest absolute Gasteiger partial charge is 0.306 e. The molecule has 1 aliphatic rings. The minimum atomic E-state index is -0.241. The molecule has 0 aromatic heterocycles. The molecular weight excluding hydrogens is 388 g/mol. The summed E-state index contributed by atoms with van der Waals surface area (Å²) in [6.07, 6.45) is 14.1. The molecule has 0 bridgehead atoms. The summed E-state index contributed by atoms with van der Waals surface area (Å²) in [6.45, 7) is 7.01. The summed E-state index contributed by atoms with van der Waals surface area (Å²) in [5, 5.41) is 0. The summed E-state index contributed by atoms with van der Waals surface area (Å²) in [4.78, 5) is 28.3. The molecule has 0 N–H and O–H groups in total. The maximum atomic E-state index is 12.3. The van der Waals surface area contributed by atoms with Gasteiger partial charge in [-0.05, 0) is 19.4 Å². The summed E-state index contributed by atoms with van der Waals surface area (Å²) in [7, 11) is 0. The number of ether oxygens (including phenoxy) is 1. The van der Waals surface area contributed by atoms with Gasteiger partial charge in [0.25, 0.3) is 0 Å². The predicted molar refractivity (Wildman–Crippen MR) is 120 cm³/mol. The molecule has 0 aromatic carbocycles. The van der Waals surface area contributed by atoms with Gasteiger partial charge >= 0.3 is 5.97 Å². The fourth-order valence-electron chi connectivity index (χ4n) is 3.72. The van der Waals surface area contributed by atoms with Gasteiger partial charge in [-0.15, -0.1) is 11.6 Å². The Labute approximate surface area is 183 Å². The van der Waals surface area contributed by atoms with Gasteiger partial charge in [0.2, 0.25) is 5.91 Å². The van der Waals surface area contributed by atoms with Crippen molar-refractivity contribution in [3.8, 4) is 0 Å². The SMILES string of the molecule is CCCCCCCCCCCCOC(=O)CCC(=O)N1CCN(CCCCl)CC1. The molecule has 1 amide bonds. The van der Waals surface area contributed by atoms with Gasteiger partial charge in [0.15, 0.2) is 0 Å². The number of rotatable bonds is 17. The third-order valence-electron chi connectivity index (χ3n) is 5.64. The van der Waals surface area contributed by atoms with E-state index in [-0.39, 0.29) is 24.7 Å². The molecule has 1 rings (SSSR count). The van der Waals surface area contributed by atoms with Crippen LogP contribution in [0.4, 0.5) is 0 Å². The highest BCUT2D eigenvalue weighted by atomic mass is 35.5. The summed E-state index contributed by atoms with van der Waals surface area (Å²) in [5.74, 6) is 0.508. The van der Waals surface area contributed by atoms with Crippen molar-refractivity contribution in [1.29, 1.82) is 0 Å². The largest absolute Gasteiger partial charge is 0.466 e. The molecule has 1 aliphatic heterocycles. The lowest BCUT2D eigenvalue weighted by atomic mass is 10.1. The van der Waals surface area contributed by atoms with E-state index >= 15 is 0 Å². The number of amides is 1. The van der Waals surface area contributed by atoms with E-state index in [1.807, 2.05) is 4.90 Å². The Morgan fingerprint density at radius 3 is 1.97 bits per heavy atom. The second-order valence-electron chi connectivity index (χ2n) is 8.17. The Hall–Kier alpha value is -0.810. The molecule has 170 valence electrons. The first-order valence-corrected chi connectivity index (χ1v) is 12.4. The Balaban J connectivity index is 1.93. The first-order chi connectivity index (χ1) is 14.2. The van der Waals surface area contributed by atoms with E-state index in [4.69, 9.17) is 16.3 Å². The van der Waals surface area contributed by atoms with Crippen LogP contribution in [-0.4, -0.2) is 66.9 Å². The van der Waals surface area contributed by atoms with E-state index in [0.29, 0.717) is 12.5 Å². The Morgan fingerprint density at radius 2 is 1.38 bits per heavy atom. The number of nitrogens with zero attached hydrogens (tertiary/aromatic N) is 2. The summed E-state index contributed by atoms with van der Waals surface area (Å²) in [5.41, 5.74) is 0. The van der Waals surface area contributed by atoms with E-state index in [1.165, 1.54) is 51.4 Å². The Kier molecular flexibility index (Phi) is 16.3. The van der Waals surface area contributed by atoms with E-state index in [0.717, 1.165) is 52.0 Å². The van der Waals surface area contributed by atoms with Crippen LogP contribution in [0, 0.1) is 0 Å². The Bertz CT molecular complexity index is 426. The second kappa shape index (κ2) is 18.0. The van der Waals surface area contributed by atoms with Crippen LogP contribution in [0.15, 0.2) is 0 Å². The normalized spacial score (nSPS) is 14.9. The standard InChI is InChI=1S/C23H43ClN2O3/c1-2-3-4-5-6-7-8-9-10-11-21-29-23(28)14-13-22(27)26-19-17-25(18-20-26)16-12-15-24/h2-21H2,1H3. The number of hydrogen-bond donors (Lipinski definition) is 0. The highest BCUT2D eigenvalue weighted by Crippen LogP contribution is 2.11. The zero-order valence-electron chi connectivity index (χ0n) is 18.6. The van der Waals surface area contributed by atoms with Crippen molar-refractivity contribution in [1.82, 2.24) is 9.80 Å². The van der Waals surface area contributed by atoms with Gasteiger partial charge in [-0.2, -0.15) is 0 Å². The van der Waals surface area contributed by atoms with Gasteiger partial charge in [-0.3, -0.25) is 14.5 Å². The number of esters is 1. The molecule has 5 nitrogen and oxygen atoms in total. The zero-order valence-corrected chi connectivity index (χ0v) is 19.4. The molecule has 0 saturated carbocycles. The van der Waals surface area contributed by atoms with Crippen molar-refractivity contribution in [3.05, 3.63) is 0 Å². The Morgan fingerprint density at radius 1 is 0.793 bits per heavy atom. The first-order valence-electron chi connectivity index (χ1n) is 11.9. The zero-order chi connectivity index (χ0) is 21.2. The lowest BCUT2D eigenvalue weighted by molar-refractivity contribution is -0.146. The maximum absolute atomic E-state index is 12.3. The van der Waals surface area contributed by atoms with Crippen LogP contribution in [0.5, 0.6) is 0 Å². The average molecular weight is 431 g/mol. The average Bonchev–Trinajstić information content (AvgIpc) is 2.74. The van der Waals surface area contributed by atoms with E-state index in [2.05, 4.69) is 11.8 Å². The molecule has 29 heavy (non-hydrogen) atoms. The minimum absolute atomic E-state index is 0.0675. The molecule has 0 aromatic rings. The fraction of sp³-hybridized carbons (Fsp3) is 0.913. The van der Waals surface area contributed by atoms with Gasteiger partial charge < -0.3 is 9.64 Å². The topological polar surface area (TPSA) is 49.9 Å². The summed E-state index contributed by atoms with van der Waals surface area (Å²) < 4.78 is 5.28. The number of carbonyl (C=O) groups excluding carboxylic acids is 2. The molecule has 1 saturated heterocycles. The number of halogens is 1. The van der Waals surface area contributed by atoms with Crippen LogP contribution in [0.25, 0.3) is 0 Å². The molecule has 0 atom stereocenters. The second-order valence-corrected chi connectivity index (χ2v) is 8.55. The van der Waals surface area contributed by atoms with E-state index in [1.54, 1.807) is 0 Å². The van der Waals surface area contributed by atoms with Crippen LogP contribution >= 0.6 is 11.6 Å². The van der Waals surface area contributed by atoms with Crippen molar-refractivity contribution in [2.75, 3.05) is 45.2 Å². The molecule has 6 heteroatoms. The van der Waals surface area contributed by atoms with Crippen molar-refractivity contribution in [2.24, 2.45) is 0 Å². The molecular formula is C23H43ClN2O3. The third-order valence-corrected chi connectivity index (χ3v) is 5.90. The van der Waals surface area contributed by atoms with Crippen LogP contribution in [0.3, 0.4) is 0 Å². The van der Waals surface area contributed by atoms with Crippen molar-refractivity contribution in [2.45, 2.75) is 90.4 Å². The highest BCUT2D eigenvalue weighted by Gasteiger charge is 2.21. The lowest BCUT2D eigenvalue weighted by Gasteiger charge is -2.34. The van der Waals surface area contributed by atoms with Crippen molar-refractivity contribution < 1.29 is 14.3 Å². The van der Waals surface area contributed by atoms with Gasteiger partial charge in [0, 0.05) is 38.5 Å². The number of piperazine rings is 1. The number of alkyl halides is 1. The van der Waals surface area contributed by atoms with Crippen LogP contribution < -0.4 is 0 Å². The van der Waals surface area contributed by atoms with Gasteiger partial charge in [-0.25, -0.2) is 0 Å². The van der Waals surface area contributed by atoms with E-state index in [9.17, 15) is 9.59 Å². The van der Waals surface area contributed by atoms with Crippen LogP contribution in [0.1, 0.15) is 90.4 Å².